The summed E-state index contributed by atoms with van der Waals surface area (Å²) in [4.78, 5) is 25.6. The summed E-state index contributed by atoms with van der Waals surface area (Å²) in [5.41, 5.74) is 20.6. The highest BCUT2D eigenvalue weighted by atomic mass is 16.5. The molecule has 146 heavy (non-hydrogen) atoms. The van der Waals surface area contributed by atoms with Crippen molar-refractivity contribution in [2.75, 3.05) is 75.3 Å². The number of nitriles is 7. The Hall–Kier alpha value is -16.6. The summed E-state index contributed by atoms with van der Waals surface area (Å²) in [6.07, 6.45) is 35.4. The van der Waals surface area contributed by atoms with Crippen molar-refractivity contribution >= 4 is 72.0 Å². The second-order valence-corrected chi connectivity index (χ2v) is 36.5. The summed E-state index contributed by atoms with van der Waals surface area (Å²) < 4.78 is 35.7. The number of carbonyl (C=O) groups is 1. The van der Waals surface area contributed by atoms with Crippen LogP contribution in [0.3, 0.4) is 0 Å². The number of benzene rings is 9. The van der Waals surface area contributed by atoms with Gasteiger partial charge >= 0.3 is 0 Å². The van der Waals surface area contributed by atoms with Crippen LogP contribution in [-0.2, 0) is 31.0 Å². The number of carbonyl (C=O) groups excluding carboxylic acids is 1. The summed E-state index contributed by atoms with van der Waals surface area (Å²) in [5.74, 6) is 2.70. The SMILES string of the molecule is C.CC1=C(C#N)C(=C(C#N)C#N)OC1(C)c1ccccc1.CCCCN(CCCC)c1ccc(/C=C/c2cc(C)c(/C=C/C3=C(C#N)C(=C(C#N)C#N)OC3(C)c3ccccc3)cc2C)c(OC)c1.CCCCN(CCCC)c1ccc(/C=C/c2cc(C)c(C=O)cc2C)c(OC)c1.[C-]#[N+]C1=C(/C=C/c2cc(C)c(/C=C/c3ccc(N(CCCC)CCCC)cc3OC)cc2C)C(C)(c2ccccc2)O/C1=C(\C#N)[N+]#[C-]. The molecule has 0 spiro atoms. The minimum atomic E-state index is -1.06. The van der Waals surface area contributed by atoms with Crippen LogP contribution in [0.4, 0.5) is 17.1 Å². The largest absolute Gasteiger partial charge is 0.500 e. The molecule has 19 nitrogen and oxygen atoms in total. The molecule has 3 unspecified atom stereocenters. The first kappa shape index (κ1) is 115. The first-order chi connectivity index (χ1) is 70.1. The van der Waals surface area contributed by atoms with E-state index in [4.69, 9.17) is 52.1 Å². The maximum atomic E-state index is 11.1. The van der Waals surface area contributed by atoms with Crippen molar-refractivity contribution in [3.8, 4) is 59.7 Å². The Kier molecular flexibility index (Phi) is 44.2. The molecule has 12 rings (SSSR count). The number of ether oxygens (including phenoxy) is 6. The van der Waals surface area contributed by atoms with Crippen molar-refractivity contribution in [2.24, 2.45) is 0 Å². The Morgan fingerprint density at radius 1 is 0.349 bits per heavy atom. The Labute approximate surface area is 868 Å². The Morgan fingerprint density at radius 3 is 0.911 bits per heavy atom. The summed E-state index contributed by atoms with van der Waals surface area (Å²) in [6, 6.07) is 74.0. The standard InChI is InChI=1S/2C42H44N4O2.C26H35NO2.C16H11N3O.CH4/c1-9-11-24-46(25-12-10-2)36-22-20-32(39(28-36)47-8)18-19-33-26-31(4)34(27-30(33)3)21-23-37-40(45-7)41(38(29-43)44-6)48-42(37,5)35-16-14-13-15-17-35;1-7-9-22-46(23-10-8-2)37-20-18-32(40(26-37)47-6)16-17-33-24-31(4)34(25-30(33)3)19-21-39-38(29-45)41(35(27-43)28-44)48-42(39,5)36-14-12-11-13-15-36;1-6-8-14-27(15-9-7-2)25-13-12-22(26(18-25)29-5)10-11-23-16-21(4)24(19-28)17-20(23)3;1-11-14(10-19)15(12(8-17)9-18)20-16(11,2)13-6-4-3-5-7-13;/h13-23,26-28H,9-12,24-25H2,1-5,8H3;11-21,24-26H,7-10,22-23H2,1-6H3;10-13,16-19H,6-9,14-15H2,1-5H3;3-7H,1-2H3;1H4/b19-18+,23-21+,41-38+;17-16+,21-19+;11-10+;;. The van der Waals surface area contributed by atoms with Gasteiger partial charge in [0.25, 0.3) is 5.70 Å². The number of rotatable bonds is 38. The van der Waals surface area contributed by atoms with E-state index in [-0.39, 0.29) is 58.4 Å². The van der Waals surface area contributed by atoms with Crippen LogP contribution in [0, 0.1) is 134 Å². The fourth-order valence-corrected chi connectivity index (χ4v) is 17.6. The quantitative estimate of drug-likeness (QED) is 0.0151. The molecule has 0 fully saturated rings. The molecule has 0 bridgehead atoms. The zero-order chi connectivity index (χ0) is 105. The van der Waals surface area contributed by atoms with Gasteiger partial charge in [0.15, 0.2) is 33.9 Å². The number of hydrogen-bond acceptors (Lipinski definition) is 17. The number of hydrogen-bond donors (Lipinski definition) is 0. The molecule has 0 saturated carbocycles. The maximum Gasteiger partial charge on any atom is 0.292 e. The van der Waals surface area contributed by atoms with Crippen LogP contribution < -0.4 is 28.9 Å². The molecule has 3 atom stereocenters. The van der Waals surface area contributed by atoms with Crippen molar-refractivity contribution in [1.82, 2.24) is 0 Å². The van der Waals surface area contributed by atoms with Gasteiger partial charge < -0.3 is 43.1 Å². The third-order valence-corrected chi connectivity index (χ3v) is 26.6. The van der Waals surface area contributed by atoms with E-state index >= 15 is 0 Å². The van der Waals surface area contributed by atoms with Gasteiger partial charge in [0.05, 0.1) is 46.1 Å². The predicted molar refractivity (Wildman–Crippen MR) is 595 cm³/mol. The monoisotopic (exact) mass is 1940 g/mol. The summed E-state index contributed by atoms with van der Waals surface area (Å²) >= 11 is 0. The Morgan fingerprint density at radius 2 is 0.623 bits per heavy atom. The molecule has 0 saturated heterocycles. The van der Waals surface area contributed by atoms with Crippen molar-refractivity contribution in [2.45, 2.75) is 212 Å². The number of allylic oxidation sites excluding steroid dienone is 5. The number of unbranched alkanes of at least 4 members (excludes halogenated alkanes) is 6. The second kappa shape index (κ2) is 56.3. The molecular weight excluding hydrogens is 1810 g/mol. The number of anilines is 3. The predicted octanol–water partition coefficient (Wildman–Crippen LogP) is 31.1. The molecule has 9 aromatic rings. The van der Waals surface area contributed by atoms with Gasteiger partial charge in [-0.05, 0) is 234 Å². The molecule has 19 heteroatoms. The van der Waals surface area contributed by atoms with Crippen molar-refractivity contribution in [3.63, 3.8) is 0 Å². The fourth-order valence-electron chi connectivity index (χ4n) is 17.6. The van der Waals surface area contributed by atoms with Crippen LogP contribution in [0.5, 0.6) is 17.2 Å². The Bertz CT molecular complexity index is 6570. The molecule has 9 aromatic carbocycles. The van der Waals surface area contributed by atoms with Crippen LogP contribution >= 0.6 is 0 Å². The number of nitrogens with zero attached hydrogens (tertiary/aromatic N) is 12. The highest BCUT2D eigenvalue weighted by Gasteiger charge is 2.46. The highest BCUT2D eigenvalue weighted by molar-refractivity contribution is 5.83. The summed E-state index contributed by atoms with van der Waals surface area (Å²) in [7, 11) is 5.18. The van der Waals surface area contributed by atoms with Gasteiger partial charge in [-0.1, -0.05) is 270 Å². The second-order valence-electron chi connectivity index (χ2n) is 36.5. The third-order valence-electron chi connectivity index (χ3n) is 26.6. The van der Waals surface area contributed by atoms with E-state index < -0.39 is 16.8 Å². The number of aryl methyl sites for hydroxylation is 6. The summed E-state index contributed by atoms with van der Waals surface area (Å²) in [5, 5.41) is 66.2. The minimum Gasteiger partial charge on any atom is -0.500 e. The van der Waals surface area contributed by atoms with E-state index in [0.29, 0.717) is 16.7 Å². The molecule has 0 N–H and O–H groups in total. The average molecular weight is 1940 g/mol. The lowest BCUT2D eigenvalue weighted by Gasteiger charge is -2.28. The van der Waals surface area contributed by atoms with E-state index in [1.807, 2.05) is 180 Å². The van der Waals surface area contributed by atoms with E-state index in [9.17, 15) is 31.1 Å². The van der Waals surface area contributed by atoms with Gasteiger partial charge in [0.2, 0.25) is 5.70 Å². The van der Waals surface area contributed by atoms with Crippen molar-refractivity contribution < 1.29 is 33.2 Å². The van der Waals surface area contributed by atoms with Gasteiger partial charge in [-0.2, -0.15) is 31.6 Å². The normalized spacial score (nSPS) is 15.7. The van der Waals surface area contributed by atoms with E-state index in [2.05, 4.69) is 221 Å². The molecule has 3 aliphatic rings. The van der Waals surface area contributed by atoms with Gasteiger partial charge in [0, 0.05) is 108 Å². The first-order valence-electron chi connectivity index (χ1n) is 49.8. The minimum absolute atomic E-state index is 0. The smallest absolute Gasteiger partial charge is 0.292 e. The van der Waals surface area contributed by atoms with Crippen LogP contribution in [0.1, 0.15) is 259 Å². The topological polar surface area (TPSA) is 257 Å². The van der Waals surface area contributed by atoms with Gasteiger partial charge in [-0.15, -0.1) is 0 Å². The molecule has 0 radical (unpaired) electrons. The number of methoxy groups -OCH3 is 3. The first-order valence-corrected chi connectivity index (χ1v) is 49.8. The molecule has 0 amide bonds. The lowest BCUT2D eigenvalue weighted by Crippen LogP contribution is -2.25. The van der Waals surface area contributed by atoms with Crippen LogP contribution in [0.25, 0.3) is 58.3 Å². The zero-order valence-corrected chi connectivity index (χ0v) is 87.6. The average Bonchev–Trinajstić information content (AvgIpc) is 1.59. The van der Waals surface area contributed by atoms with Crippen LogP contribution in [0.2, 0.25) is 0 Å². The van der Waals surface area contributed by atoms with E-state index in [1.165, 1.54) is 68.4 Å². The van der Waals surface area contributed by atoms with Crippen molar-refractivity contribution in [1.29, 1.82) is 36.8 Å². The van der Waals surface area contributed by atoms with Crippen LogP contribution in [-0.4, -0.2) is 66.9 Å². The number of aldehydes is 1. The zero-order valence-electron chi connectivity index (χ0n) is 87.6. The molecule has 3 heterocycles. The maximum absolute atomic E-state index is 11.1. The van der Waals surface area contributed by atoms with Gasteiger partial charge in [-0.25, -0.2) is 15.0 Å². The van der Waals surface area contributed by atoms with Gasteiger partial charge in [-0.3, -0.25) is 4.79 Å². The van der Waals surface area contributed by atoms with Gasteiger partial charge in [0.1, 0.15) is 76.9 Å². The highest BCUT2D eigenvalue weighted by Crippen LogP contribution is 2.51. The van der Waals surface area contributed by atoms with Crippen molar-refractivity contribution in [3.05, 3.63) is 385 Å². The van der Waals surface area contributed by atoms with E-state index in [0.717, 1.165) is 189 Å². The third kappa shape index (κ3) is 28.3. The molecule has 0 aromatic heterocycles. The molecule has 3 aliphatic heterocycles. The summed E-state index contributed by atoms with van der Waals surface area (Å²) in [6.45, 7) is 54.8. The molecule has 748 valence electrons. The van der Waals surface area contributed by atoms with E-state index in [1.54, 1.807) is 40.4 Å². The lowest BCUT2D eigenvalue weighted by atomic mass is 9.86. The lowest BCUT2D eigenvalue weighted by molar-refractivity contribution is 0.0727. The van der Waals surface area contributed by atoms with Crippen LogP contribution in [0.15, 0.2) is 262 Å². The Balaban J connectivity index is 0.000000249. The molecule has 0 aliphatic carbocycles. The fraction of sp³-hybridized carbons (Fsp3) is 0.323. The molecular formula is C127H138N12O7.